The molecule has 1 aliphatic carbocycles. The minimum atomic E-state index is -0.487. The van der Waals surface area contributed by atoms with Gasteiger partial charge in [-0.2, -0.15) is 15.0 Å². The van der Waals surface area contributed by atoms with Gasteiger partial charge in [-0.3, -0.25) is 4.98 Å². The number of carbonyl (C=O) groups is 1. The molecule has 1 aliphatic rings. The van der Waals surface area contributed by atoms with Gasteiger partial charge in [0.2, 0.25) is 0 Å². The summed E-state index contributed by atoms with van der Waals surface area (Å²) >= 11 is 0. The molecule has 3 aromatic heterocycles. The Balaban J connectivity index is 1.63. The summed E-state index contributed by atoms with van der Waals surface area (Å²) in [5, 5.41) is 15.8. The van der Waals surface area contributed by atoms with Crippen molar-refractivity contribution >= 4 is 17.2 Å². The summed E-state index contributed by atoms with van der Waals surface area (Å²) in [4.78, 5) is 33.0. The van der Waals surface area contributed by atoms with E-state index in [1.807, 2.05) is 0 Å². The van der Waals surface area contributed by atoms with Crippen molar-refractivity contribution in [1.29, 1.82) is 5.26 Å². The number of nitrogens with zero attached hydrogens (tertiary/aromatic N) is 4. The Hall–Kier alpha value is -3.41. The zero-order valence-corrected chi connectivity index (χ0v) is 12.5. The standard InChI is InChI=1S/C15H13N7O2/c16-5-11(8-1-2-8)19-15(24)22-7-9(6-18-22)10-3-4-17-13-12(10)20-14(23)21-13/h3-4,6-8,11H,1-2H2,(H,19,24)(H2,17,20,21,23)/t11-/m0/s1. The van der Waals surface area contributed by atoms with Crippen LogP contribution in [0.4, 0.5) is 4.79 Å². The number of fused-ring (bicyclic) bond motifs is 1. The van der Waals surface area contributed by atoms with Crippen LogP contribution < -0.4 is 11.0 Å². The molecule has 0 spiro atoms. The van der Waals surface area contributed by atoms with Crippen molar-refractivity contribution in [3.63, 3.8) is 0 Å². The average Bonchev–Trinajstić information content (AvgIpc) is 3.16. The molecule has 1 saturated carbocycles. The number of pyridine rings is 1. The highest BCUT2D eigenvalue weighted by Crippen LogP contribution is 2.32. The third kappa shape index (κ3) is 2.44. The predicted octanol–water partition coefficient (Wildman–Crippen LogP) is 0.975. The molecule has 1 atom stereocenters. The first kappa shape index (κ1) is 14.2. The number of H-pyrrole nitrogens is 2. The van der Waals surface area contributed by atoms with Crippen LogP contribution in [0.1, 0.15) is 12.8 Å². The SMILES string of the molecule is N#C[C@H](NC(=O)n1cc(-c2ccnc3[nH]c(=O)[nH]c23)cn1)C1CC1. The zero-order chi connectivity index (χ0) is 16.7. The number of aromatic amines is 2. The fraction of sp³-hybridized carbons (Fsp3) is 0.267. The first-order chi connectivity index (χ1) is 11.7. The van der Waals surface area contributed by atoms with E-state index >= 15 is 0 Å². The lowest BCUT2D eigenvalue weighted by molar-refractivity contribution is 0.237. The molecule has 9 heteroatoms. The molecular weight excluding hydrogens is 310 g/mol. The van der Waals surface area contributed by atoms with Gasteiger partial charge in [-0.25, -0.2) is 14.6 Å². The van der Waals surface area contributed by atoms with E-state index in [0.717, 1.165) is 17.5 Å². The van der Waals surface area contributed by atoms with E-state index in [4.69, 9.17) is 5.26 Å². The number of carbonyl (C=O) groups excluding carboxylic acids is 1. The van der Waals surface area contributed by atoms with Gasteiger partial charge in [0.05, 0.1) is 17.8 Å². The summed E-state index contributed by atoms with van der Waals surface area (Å²) in [6, 6.07) is 2.90. The van der Waals surface area contributed by atoms with E-state index in [1.54, 1.807) is 18.5 Å². The first-order valence-corrected chi connectivity index (χ1v) is 7.48. The molecule has 0 radical (unpaired) electrons. The maximum atomic E-state index is 12.2. The van der Waals surface area contributed by atoms with E-state index < -0.39 is 12.1 Å². The minimum absolute atomic E-state index is 0.235. The fourth-order valence-electron chi connectivity index (χ4n) is 2.63. The highest BCUT2D eigenvalue weighted by Gasteiger charge is 2.32. The molecule has 120 valence electrons. The Morgan fingerprint density at radius 2 is 2.29 bits per heavy atom. The van der Waals surface area contributed by atoms with Crippen LogP contribution in [0.15, 0.2) is 29.5 Å². The molecule has 1 fully saturated rings. The van der Waals surface area contributed by atoms with Gasteiger partial charge in [-0.1, -0.05) is 0 Å². The summed E-state index contributed by atoms with van der Waals surface area (Å²) in [5.41, 5.74) is 2.00. The Bertz CT molecular complexity index is 1020. The third-order valence-corrected chi connectivity index (χ3v) is 4.03. The van der Waals surface area contributed by atoms with Crippen molar-refractivity contribution in [2.45, 2.75) is 18.9 Å². The monoisotopic (exact) mass is 323 g/mol. The number of nitrogens with one attached hydrogen (secondary N) is 3. The fourth-order valence-corrected chi connectivity index (χ4v) is 2.63. The van der Waals surface area contributed by atoms with Gasteiger partial charge >= 0.3 is 11.7 Å². The van der Waals surface area contributed by atoms with Gasteiger partial charge < -0.3 is 10.3 Å². The van der Waals surface area contributed by atoms with Gasteiger partial charge in [-0.15, -0.1) is 0 Å². The molecule has 3 N–H and O–H groups in total. The number of amides is 1. The van der Waals surface area contributed by atoms with Crippen molar-refractivity contribution < 1.29 is 4.79 Å². The van der Waals surface area contributed by atoms with Crippen molar-refractivity contribution in [2.75, 3.05) is 0 Å². The van der Waals surface area contributed by atoms with Crippen LogP contribution in [0.2, 0.25) is 0 Å². The number of rotatable bonds is 3. The van der Waals surface area contributed by atoms with Crippen molar-refractivity contribution in [3.8, 4) is 17.2 Å². The second-order valence-electron chi connectivity index (χ2n) is 5.73. The molecule has 9 nitrogen and oxygen atoms in total. The van der Waals surface area contributed by atoms with Gasteiger partial charge in [-0.05, 0) is 24.8 Å². The molecule has 0 unspecified atom stereocenters. The zero-order valence-electron chi connectivity index (χ0n) is 12.5. The molecule has 24 heavy (non-hydrogen) atoms. The summed E-state index contributed by atoms with van der Waals surface area (Å²) < 4.78 is 1.15. The lowest BCUT2D eigenvalue weighted by Gasteiger charge is -2.09. The number of imidazole rings is 1. The Labute approximate surface area is 135 Å². The summed E-state index contributed by atoms with van der Waals surface area (Å²) in [6.45, 7) is 0. The van der Waals surface area contributed by atoms with Crippen LogP contribution >= 0.6 is 0 Å². The Morgan fingerprint density at radius 3 is 3.04 bits per heavy atom. The van der Waals surface area contributed by atoms with Gasteiger partial charge in [0, 0.05) is 23.5 Å². The van der Waals surface area contributed by atoms with E-state index in [0.29, 0.717) is 22.3 Å². The first-order valence-electron chi connectivity index (χ1n) is 7.48. The highest BCUT2D eigenvalue weighted by molar-refractivity contribution is 5.89. The predicted molar refractivity (Wildman–Crippen MR) is 84.0 cm³/mol. The van der Waals surface area contributed by atoms with Gasteiger partial charge in [0.15, 0.2) is 5.65 Å². The van der Waals surface area contributed by atoms with E-state index in [2.05, 4.69) is 31.4 Å². The van der Waals surface area contributed by atoms with Crippen LogP contribution in [0.3, 0.4) is 0 Å². The van der Waals surface area contributed by atoms with Crippen molar-refractivity contribution in [1.82, 2.24) is 30.0 Å². The molecule has 3 aromatic rings. The summed E-state index contributed by atoms with van der Waals surface area (Å²) in [7, 11) is 0. The summed E-state index contributed by atoms with van der Waals surface area (Å²) in [5.74, 6) is 0.235. The van der Waals surface area contributed by atoms with E-state index in [1.165, 1.54) is 6.20 Å². The normalized spacial score (nSPS) is 15.1. The Morgan fingerprint density at radius 1 is 1.46 bits per heavy atom. The van der Waals surface area contributed by atoms with Gasteiger partial charge in [0.1, 0.15) is 6.04 Å². The lowest BCUT2D eigenvalue weighted by atomic mass is 10.1. The maximum Gasteiger partial charge on any atom is 0.343 e. The molecule has 1 amide bonds. The van der Waals surface area contributed by atoms with Crippen LogP contribution in [0, 0.1) is 17.2 Å². The lowest BCUT2D eigenvalue weighted by Crippen LogP contribution is -2.38. The largest absolute Gasteiger partial charge is 0.343 e. The molecule has 0 aromatic carbocycles. The summed E-state index contributed by atoms with van der Waals surface area (Å²) in [6.07, 6.45) is 6.56. The van der Waals surface area contributed by atoms with Gasteiger partial charge in [0.25, 0.3) is 0 Å². The van der Waals surface area contributed by atoms with E-state index in [-0.39, 0.29) is 11.6 Å². The molecule has 0 bridgehead atoms. The number of aromatic nitrogens is 5. The third-order valence-electron chi connectivity index (χ3n) is 4.03. The molecular formula is C15H13N7O2. The smallest absolute Gasteiger partial charge is 0.320 e. The molecule has 0 saturated heterocycles. The van der Waals surface area contributed by atoms with Crippen LogP contribution in [-0.2, 0) is 0 Å². The quantitative estimate of drug-likeness (QED) is 0.661. The Kier molecular flexibility index (Phi) is 3.16. The second kappa shape index (κ2) is 5.34. The minimum Gasteiger partial charge on any atom is -0.320 e. The topological polar surface area (TPSA) is 132 Å². The van der Waals surface area contributed by atoms with Crippen molar-refractivity contribution in [3.05, 3.63) is 35.1 Å². The average molecular weight is 323 g/mol. The molecule has 0 aliphatic heterocycles. The molecule has 4 rings (SSSR count). The highest BCUT2D eigenvalue weighted by atomic mass is 16.2. The maximum absolute atomic E-state index is 12.2. The number of hydrogen-bond donors (Lipinski definition) is 3. The number of hydrogen-bond acceptors (Lipinski definition) is 5. The van der Waals surface area contributed by atoms with Crippen LogP contribution in [-0.4, -0.2) is 36.8 Å². The van der Waals surface area contributed by atoms with Crippen molar-refractivity contribution in [2.24, 2.45) is 5.92 Å². The van der Waals surface area contributed by atoms with Crippen LogP contribution in [0.25, 0.3) is 22.3 Å². The van der Waals surface area contributed by atoms with Crippen LogP contribution in [0.5, 0.6) is 0 Å². The van der Waals surface area contributed by atoms with E-state index in [9.17, 15) is 9.59 Å². The molecule has 3 heterocycles. The second-order valence-corrected chi connectivity index (χ2v) is 5.73. The number of nitriles is 1.